The highest BCUT2D eigenvalue weighted by Gasteiger charge is 2.30. The molecular formula is C14H26BrNO2. The highest BCUT2D eigenvalue weighted by molar-refractivity contribution is 9.09. The molecule has 18 heavy (non-hydrogen) atoms. The van der Waals surface area contributed by atoms with Gasteiger partial charge < -0.3 is 9.64 Å². The minimum Gasteiger partial charge on any atom is -0.469 e. The molecule has 106 valence electrons. The van der Waals surface area contributed by atoms with Crippen LogP contribution in [0, 0.1) is 17.3 Å². The number of carbonyl (C=O) groups excluding carboxylic acids is 1. The van der Waals surface area contributed by atoms with Gasteiger partial charge >= 0.3 is 5.97 Å². The smallest absolute Gasteiger partial charge is 0.308 e. The summed E-state index contributed by atoms with van der Waals surface area (Å²) in [6.45, 7) is 10.0. The Morgan fingerprint density at radius 3 is 2.33 bits per heavy atom. The van der Waals surface area contributed by atoms with Crippen LogP contribution in [0.1, 0.15) is 33.6 Å². The fourth-order valence-corrected chi connectivity index (χ4v) is 3.56. The van der Waals surface area contributed by atoms with Crippen LogP contribution in [0.4, 0.5) is 0 Å². The Balaban J connectivity index is 2.41. The van der Waals surface area contributed by atoms with Gasteiger partial charge in [-0.15, -0.1) is 0 Å². The zero-order valence-corrected chi connectivity index (χ0v) is 13.6. The number of hydrogen-bond acceptors (Lipinski definition) is 3. The summed E-state index contributed by atoms with van der Waals surface area (Å²) in [4.78, 5) is 13.9. The van der Waals surface area contributed by atoms with Crippen LogP contribution in [0.3, 0.4) is 0 Å². The molecule has 0 aromatic heterocycles. The third kappa shape index (κ3) is 4.54. The maximum absolute atomic E-state index is 11.5. The maximum Gasteiger partial charge on any atom is 0.308 e. The van der Waals surface area contributed by atoms with E-state index in [-0.39, 0.29) is 11.9 Å². The Morgan fingerprint density at radius 1 is 1.39 bits per heavy atom. The van der Waals surface area contributed by atoms with E-state index in [4.69, 9.17) is 4.74 Å². The van der Waals surface area contributed by atoms with Gasteiger partial charge in [-0.2, -0.15) is 0 Å². The summed E-state index contributed by atoms with van der Waals surface area (Å²) in [5.41, 5.74) is 0.322. The molecule has 0 radical (unpaired) electrons. The molecule has 0 saturated carbocycles. The predicted octanol–water partition coefficient (Wildman–Crippen LogP) is 2.93. The molecule has 1 aliphatic rings. The molecule has 1 saturated heterocycles. The van der Waals surface area contributed by atoms with Gasteiger partial charge in [-0.25, -0.2) is 0 Å². The molecule has 0 aliphatic carbocycles. The van der Waals surface area contributed by atoms with Gasteiger partial charge in [-0.3, -0.25) is 4.79 Å². The zero-order chi connectivity index (χ0) is 13.8. The van der Waals surface area contributed by atoms with E-state index < -0.39 is 0 Å². The summed E-state index contributed by atoms with van der Waals surface area (Å²) in [6, 6.07) is 0. The van der Waals surface area contributed by atoms with Crippen molar-refractivity contribution in [1.82, 2.24) is 4.90 Å². The number of methoxy groups -OCH3 is 1. The van der Waals surface area contributed by atoms with Gasteiger partial charge in [0.05, 0.1) is 13.0 Å². The fraction of sp³-hybridized carbons (Fsp3) is 0.929. The lowest BCUT2D eigenvalue weighted by atomic mass is 9.81. The molecule has 1 unspecified atom stereocenters. The molecular weight excluding hydrogens is 294 g/mol. The number of alkyl halides is 1. The normalized spacial score (nSPS) is 20.7. The minimum absolute atomic E-state index is 0.0393. The minimum atomic E-state index is -0.0393. The quantitative estimate of drug-likeness (QED) is 0.589. The van der Waals surface area contributed by atoms with Crippen molar-refractivity contribution in [3.8, 4) is 0 Å². The standard InChI is InChI=1S/C14H26BrNO2/c1-14(2,3)12(9-15)10-16-7-5-11(6-8-16)13(17)18-4/h11-12H,5-10H2,1-4H3. The van der Waals surface area contributed by atoms with Crippen LogP contribution in [0.25, 0.3) is 0 Å². The lowest BCUT2D eigenvalue weighted by Gasteiger charge is -2.37. The van der Waals surface area contributed by atoms with Gasteiger partial charge in [0.2, 0.25) is 0 Å². The van der Waals surface area contributed by atoms with Crippen molar-refractivity contribution in [3.63, 3.8) is 0 Å². The summed E-state index contributed by atoms with van der Waals surface area (Å²) < 4.78 is 4.82. The van der Waals surface area contributed by atoms with E-state index in [9.17, 15) is 4.79 Å². The molecule has 1 heterocycles. The average molecular weight is 320 g/mol. The van der Waals surface area contributed by atoms with Crippen LogP contribution in [0.15, 0.2) is 0 Å². The highest BCUT2D eigenvalue weighted by Crippen LogP contribution is 2.29. The van der Waals surface area contributed by atoms with Gasteiger partial charge in [-0.05, 0) is 37.3 Å². The lowest BCUT2D eigenvalue weighted by Crippen LogP contribution is -2.42. The Hall–Kier alpha value is -0.0900. The molecule has 0 N–H and O–H groups in total. The van der Waals surface area contributed by atoms with Crippen molar-refractivity contribution in [2.45, 2.75) is 33.6 Å². The Kier molecular flexibility index (Phi) is 6.12. The van der Waals surface area contributed by atoms with Gasteiger partial charge in [-0.1, -0.05) is 36.7 Å². The topological polar surface area (TPSA) is 29.5 Å². The van der Waals surface area contributed by atoms with Gasteiger partial charge in [0.25, 0.3) is 0 Å². The molecule has 1 atom stereocenters. The van der Waals surface area contributed by atoms with Crippen molar-refractivity contribution in [2.24, 2.45) is 17.3 Å². The molecule has 1 rings (SSSR count). The van der Waals surface area contributed by atoms with Crippen LogP contribution in [-0.2, 0) is 9.53 Å². The number of rotatable bonds is 4. The summed E-state index contributed by atoms with van der Waals surface area (Å²) in [5.74, 6) is 0.720. The molecule has 0 bridgehead atoms. The first-order valence-electron chi connectivity index (χ1n) is 6.74. The number of esters is 1. The second-order valence-corrected chi connectivity index (χ2v) is 6.96. The molecule has 1 aliphatic heterocycles. The molecule has 0 amide bonds. The monoisotopic (exact) mass is 319 g/mol. The van der Waals surface area contributed by atoms with E-state index in [0.717, 1.165) is 37.8 Å². The number of hydrogen-bond donors (Lipinski definition) is 0. The van der Waals surface area contributed by atoms with E-state index >= 15 is 0 Å². The SMILES string of the molecule is COC(=O)C1CCN(CC(CBr)C(C)(C)C)CC1. The maximum atomic E-state index is 11.5. The van der Waals surface area contributed by atoms with Crippen LogP contribution < -0.4 is 0 Å². The second-order valence-electron chi connectivity index (χ2n) is 6.32. The van der Waals surface area contributed by atoms with E-state index in [0.29, 0.717) is 11.3 Å². The third-order valence-electron chi connectivity index (χ3n) is 4.01. The van der Waals surface area contributed by atoms with Crippen LogP contribution in [0.5, 0.6) is 0 Å². The number of halogens is 1. The van der Waals surface area contributed by atoms with Crippen molar-refractivity contribution in [3.05, 3.63) is 0 Å². The zero-order valence-electron chi connectivity index (χ0n) is 12.0. The highest BCUT2D eigenvalue weighted by atomic mass is 79.9. The van der Waals surface area contributed by atoms with E-state index in [1.54, 1.807) is 0 Å². The number of likely N-dealkylation sites (tertiary alicyclic amines) is 1. The second kappa shape index (κ2) is 6.90. The summed E-state index contributed by atoms with van der Waals surface area (Å²) >= 11 is 3.62. The first kappa shape index (κ1) is 16.0. The van der Waals surface area contributed by atoms with Crippen LogP contribution in [0.2, 0.25) is 0 Å². The predicted molar refractivity (Wildman–Crippen MR) is 77.9 cm³/mol. The van der Waals surface area contributed by atoms with E-state index in [2.05, 4.69) is 41.6 Å². The van der Waals surface area contributed by atoms with E-state index in [1.807, 2.05) is 0 Å². The number of ether oxygens (including phenoxy) is 1. The summed E-state index contributed by atoms with van der Waals surface area (Å²) in [5, 5.41) is 1.04. The molecule has 0 spiro atoms. The van der Waals surface area contributed by atoms with Gasteiger partial charge in [0.1, 0.15) is 0 Å². The number of carbonyl (C=O) groups is 1. The van der Waals surface area contributed by atoms with Crippen molar-refractivity contribution in [1.29, 1.82) is 0 Å². The lowest BCUT2D eigenvalue weighted by molar-refractivity contribution is -0.147. The van der Waals surface area contributed by atoms with Crippen molar-refractivity contribution < 1.29 is 9.53 Å². The summed E-state index contributed by atoms with van der Waals surface area (Å²) in [7, 11) is 1.48. The Labute approximate surface area is 119 Å². The third-order valence-corrected chi connectivity index (χ3v) is 4.79. The Morgan fingerprint density at radius 2 is 1.94 bits per heavy atom. The number of nitrogens with zero attached hydrogens (tertiary/aromatic N) is 1. The van der Waals surface area contributed by atoms with Crippen molar-refractivity contribution >= 4 is 21.9 Å². The summed E-state index contributed by atoms with van der Waals surface area (Å²) in [6.07, 6.45) is 1.87. The van der Waals surface area contributed by atoms with E-state index in [1.165, 1.54) is 7.11 Å². The van der Waals surface area contributed by atoms with Gasteiger partial charge in [0.15, 0.2) is 0 Å². The largest absolute Gasteiger partial charge is 0.469 e. The molecule has 4 heteroatoms. The van der Waals surface area contributed by atoms with Crippen molar-refractivity contribution in [2.75, 3.05) is 32.1 Å². The van der Waals surface area contributed by atoms with Crippen LogP contribution in [-0.4, -0.2) is 42.9 Å². The first-order valence-corrected chi connectivity index (χ1v) is 7.86. The first-order chi connectivity index (χ1) is 8.38. The van der Waals surface area contributed by atoms with Crippen LogP contribution >= 0.6 is 15.9 Å². The molecule has 1 fully saturated rings. The fourth-order valence-electron chi connectivity index (χ4n) is 2.38. The molecule has 3 nitrogen and oxygen atoms in total. The molecule has 0 aromatic carbocycles. The molecule has 0 aromatic rings. The number of piperidine rings is 1. The average Bonchev–Trinajstić information content (AvgIpc) is 2.34. The van der Waals surface area contributed by atoms with Gasteiger partial charge in [0, 0.05) is 11.9 Å². The Bertz CT molecular complexity index is 267.